The fraction of sp³-hybridized carbons (Fsp3) is 0.286. The van der Waals surface area contributed by atoms with E-state index in [1.165, 1.54) is 0 Å². The second-order valence-corrected chi connectivity index (χ2v) is 6.96. The number of para-hydroxylation sites is 1. The maximum Gasteiger partial charge on any atom is 0.242 e. The van der Waals surface area contributed by atoms with Gasteiger partial charge in [-0.2, -0.15) is 0 Å². The van der Waals surface area contributed by atoms with Gasteiger partial charge in [0.25, 0.3) is 0 Å². The average Bonchev–Trinajstić information content (AvgIpc) is 2.83. The largest absolute Gasteiger partial charge is 0.361 e. The van der Waals surface area contributed by atoms with Crippen LogP contribution in [0.1, 0.15) is 17.0 Å². The number of nitrogens with zero attached hydrogens (tertiary/aromatic N) is 1. The van der Waals surface area contributed by atoms with Gasteiger partial charge in [-0.25, -0.2) is 13.1 Å². The van der Waals surface area contributed by atoms with Gasteiger partial charge in [-0.3, -0.25) is 4.79 Å². The number of fused-ring (bicyclic) bond motifs is 1. The molecule has 1 atom stereocenters. The number of carbonyl (C=O) groups is 1. The van der Waals surface area contributed by atoms with Crippen molar-refractivity contribution in [1.82, 2.24) is 9.88 Å². The van der Waals surface area contributed by atoms with Gasteiger partial charge in [0.2, 0.25) is 15.9 Å². The van der Waals surface area contributed by atoms with Crippen molar-refractivity contribution >= 4 is 21.6 Å². The van der Waals surface area contributed by atoms with Crippen LogP contribution in [0.4, 0.5) is 5.69 Å². The highest BCUT2D eigenvalue weighted by molar-refractivity contribution is 7.88. The minimum atomic E-state index is -3.69. The van der Waals surface area contributed by atoms with Gasteiger partial charge in [0, 0.05) is 11.8 Å². The maximum atomic E-state index is 12.2. The lowest BCUT2D eigenvalue weighted by Crippen LogP contribution is -2.47. The second-order valence-electron chi connectivity index (χ2n) is 5.21. The molecule has 2 heterocycles. The molecule has 116 valence electrons. The minimum Gasteiger partial charge on any atom is -0.361 e. The Balaban J connectivity index is 1.74. The van der Waals surface area contributed by atoms with Crippen molar-refractivity contribution in [1.29, 1.82) is 0 Å². The van der Waals surface area contributed by atoms with E-state index in [-0.39, 0.29) is 11.7 Å². The van der Waals surface area contributed by atoms with Crippen LogP contribution in [0.15, 0.2) is 34.9 Å². The lowest BCUT2D eigenvalue weighted by molar-refractivity contribution is -0.118. The number of anilines is 1. The van der Waals surface area contributed by atoms with Crippen LogP contribution in [0, 0.1) is 6.92 Å². The minimum absolute atomic E-state index is 0.307. The van der Waals surface area contributed by atoms with Crippen LogP contribution in [-0.2, 0) is 27.0 Å². The molecule has 2 aromatic rings. The Morgan fingerprint density at radius 3 is 2.91 bits per heavy atom. The van der Waals surface area contributed by atoms with Crippen molar-refractivity contribution in [2.24, 2.45) is 0 Å². The average molecular weight is 321 g/mol. The van der Waals surface area contributed by atoms with Crippen molar-refractivity contribution < 1.29 is 17.7 Å². The van der Waals surface area contributed by atoms with Crippen molar-refractivity contribution in [2.75, 3.05) is 5.32 Å². The molecule has 0 saturated heterocycles. The molecule has 1 amide bonds. The van der Waals surface area contributed by atoms with Crippen molar-refractivity contribution in [2.45, 2.75) is 25.1 Å². The molecule has 0 fully saturated rings. The van der Waals surface area contributed by atoms with E-state index in [0.717, 1.165) is 11.3 Å². The zero-order chi connectivity index (χ0) is 15.7. The number of benzene rings is 1. The van der Waals surface area contributed by atoms with Crippen molar-refractivity contribution in [3.63, 3.8) is 0 Å². The van der Waals surface area contributed by atoms with Crippen LogP contribution in [0.3, 0.4) is 0 Å². The van der Waals surface area contributed by atoms with Gasteiger partial charge in [-0.1, -0.05) is 23.4 Å². The van der Waals surface area contributed by atoms with Gasteiger partial charge in [-0.15, -0.1) is 0 Å². The van der Waals surface area contributed by atoms with E-state index in [1.807, 2.05) is 18.2 Å². The Morgan fingerprint density at radius 2 is 2.18 bits per heavy atom. The predicted molar refractivity (Wildman–Crippen MR) is 79.6 cm³/mol. The first-order chi connectivity index (χ1) is 10.4. The number of carbonyl (C=O) groups excluding carboxylic acids is 1. The van der Waals surface area contributed by atoms with Gasteiger partial charge in [0.1, 0.15) is 23.2 Å². The zero-order valence-electron chi connectivity index (χ0n) is 11.9. The molecule has 0 radical (unpaired) electrons. The van der Waals surface area contributed by atoms with Crippen LogP contribution in [-0.4, -0.2) is 25.5 Å². The van der Waals surface area contributed by atoms with E-state index < -0.39 is 16.1 Å². The lowest BCUT2D eigenvalue weighted by atomic mass is 10.00. The lowest BCUT2D eigenvalue weighted by Gasteiger charge is -2.25. The first-order valence-corrected chi connectivity index (χ1v) is 8.39. The summed E-state index contributed by atoms with van der Waals surface area (Å²) >= 11 is 0. The molecule has 0 saturated carbocycles. The summed E-state index contributed by atoms with van der Waals surface area (Å²) < 4.78 is 31.6. The van der Waals surface area contributed by atoms with Gasteiger partial charge in [0.15, 0.2) is 0 Å². The Morgan fingerprint density at radius 1 is 1.41 bits per heavy atom. The smallest absolute Gasteiger partial charge is 0.242 e. The highest BCUT2D eigenvalue weighted by Crippen LogP contribution is 2.22. The normalized spacial score (nSPS) is 17.9. The van der Waals surface area contributed by atoms with Crippen LogP contribution in [0.25, 0.3) is 0 Å². The Labute approximate surface area is 127 Å². The summed E-state index contributed by atoms with van der Waals surface area (Å²) in [7, 11) is -3.69. The number of sulfonamides is 1. The van der Waals surface area contributed by atoms with E-state index in [4.69, 9.17) is 4.52 Å². The predicted octanol–water partition coefficient (Wildman–Crippen LogP) is 0.966. The fourth-order valence-corrected chi connectivity index (χ4v) is 3.62. The third-order valence-corrected chi connectivity index (χ3v) is 4.67. The molecule has 0 aliphatic carbocycles. The maximum absolute atomic E-state index is 12.2. The highest BCUT2D eigenvalue weighted by atomic mass is 32.2. The van der Waals surface area contributed by atoms with E-state index in [2.05, 4.69) is 15.2 Å². The Kier molecular flexibility index (Phi) is 3.71. The molecule has 2 N–H and O–H groups in total. The molecule has 0 spiro atoms. The van der Waals surface area contributed by atoms with E-state index in [0.29, 0.717) is 17.9 Å². The van der Waals surface area contributed by atoms with Gasteiger partial charge in [-0.05, 0) is 25.0 Å². The number of hydrogen-bond acceptors (Lipinski definition) is 5. The van der Waals surface area contributed by atoms with Crippen LogP contribution < -0.4 is 10.0 Å². The molecule has 8 heteroatoms. The van der Waals surface area contributed by atoms with E-state index in [9.17, 15) is 13.2 Å². The quantitative estimate of drug-likeness (QED) is 0.873. The van der Waals surface area contributed by atoms with Crippen LogP contribution >= 0.6 is 0 Å². The van der Waals surface area contributed by atoms with Crippen LogP contribution in [0.2, 0.25) is 0 Å². The van der Waals surface area contributed by atoms with E-state index in [1.54, 1.807) is 19.1 Å². The van der Waals surface area contributed by atoms with Gasteiger partial charge >= 0.3 is 0 Å². The number of aryl methyl sites for hydroxylation is 1. The van der Waals surface area contributed by atoms with Crippen LogP contribution in [0.5, 0.6) is 0 Å². The standard InChI is InChI=1S/C14H15N3O4S/c1-9-6-11(16-21-9)8-22(19,20)17-13-7-10-4-2-3-5-12(10)15-14(13)18/h2-6,13,17H,7-8H2,1H3,(H,15,18). The highest BCUT2D eigenvalue weighted by Gasteiger charge is 2.30. The molecule has 1 unspecified atom stereocenters. The molecule has 7 nitrogen and oxygen atoms in total. The molecule has 22 heavy (non-hydrogen) atoms. The second kappa shape index (κ2) is 5.54. The number of amides is 1. The summed E-state index contributed by atoms with van der Waals surface area (Å²) in [6.45, 7) is 1.68. The summed E-state index contributed by atoms with van der Waals surface area (Å²) in [5, 5.41) is 6.35. The summed E-state index contributed by atoms with van der Waals surface area (Å²) in [4.78, 5) is 12.0. The first kappa shape index (κ1) is 14.7. The molecule has 0 bridgehead atoms. The Hall–Kier alpha value is -2.19. The summed E-state index contributed by atoms with van der Waals surface area (Å²) in [5.74, 6) is -0.149. The van der Waals surface area contributed by atoms with Crippen molar-refractivity contribution in [3.05, 3.63) is 47.3 Å². The summed E-state index contributed by atoms with van der Waals surface area (Å²) in [6, 6.07) is 8.03. The molecular weight excluding hydrogens is 306 g/mol. The monoisotopic (exact) mass is 321 g/mol. The number of rotatable bonds is 4. The first-order valence-electron chi connectivity index (χ1n) is 6.74. The zero-order valence-corrected chi connectivity index (χ0v) is 12.7. The topological polar surface area (TPSA) is 101 Å². The molecular formula is C14H15N3O4S. The van der Waals surface area contributed by atoms with Crippen molar-refractivity contribution in [3.8, 4) is 0 Å². The Bertz CT molecular complexity index is 813. The van der Waals surface area contributed by atoms with Gasteiger partial charge < -0.3 is 9.84 Å². The molecule has 1 aliphatic rings. The fourth-order valence-electron chi connectivity index (χ4n) is 2.39. The number of hydrogen-bond donors (Lipinski definition) is 2. The third-order valence-electron chi connectivity index (χ3n) is 3.35. The molecule has 3 rings (SSSR count). The third kappa shape index (κ3) is 3.18. The molecule has 1 aliphatic heterocycles. The molecule has 1 aromatic carbocycles. The van der Waals surface area contributed by atoms with E-state index >= 15 is 0 Å². The summed E-state index contributed by atoms with van der Waals surface area (Å²) in [6.07, 6.45) is 0.319. The van der Waals surface area contributed by atoms with Gasteiger partial charge in [0.05, 0.1) is 0 Å². The summed E-state index contributed by atoms with van der Waals surface area (Å²) in [5.41, 5.74) is 1.92. The SMILES string of the molecule is Cc1cc(CS(=O)(=O)NC2Cc3ccccc3NC2=O)no1. The number of aromatic nitrogens is 1. The number of nitrogens with one attached hydrogen (secondary N) is 2. The molecule has 1 aromatic heterocycles.